The van der Waals surface area contributed by atoms with Crippen LogP contribution in [0.1, 0.15) is 24.1 Å². The van der Waals surface area contributed by atoms with Gasteiger partial charge in [-0.3, -0.25) is 0 Å². The zero-order chi connectivity index (χ0) is 14.5. The lowest BCUT2D eigenvalue weighted by atomic mass is 10.1. The van der Waals surface area contributed by atoms with Crippen LogP contribution in [0.15, 0.2) is 24.3 Å². The lowest BCUT2D eigenvalue weighted by Gasteiger charge is -2.17. The summed E-state index contributed by atoms with van der Waals surface area (Å²) in [4.78, 5) is 0. The van der Waals surface area contributed by atoms with Gasteiger partial charge in [-0.25, -0.2) is 8.78 Å². The molecule has 1 rings (SSSR count). The molecule has 0 aliphatic rings. The molecule has 1 atom stereocenters. The fraction of sp³-hybridized carbons (Fsp3) is 0.538. The lowest BCUT2D eigenvalue weighted by molar-refractivity contribution is -0.166. The molecular weight excluding hydrogens is 262 g/mol. The lowest BCUT2D eigenvalue weighted by Crippen LogP contribution is -2.33. The van der Waals surface area contributed by atoms with E-state index in [9.17, 15) is 17.6 Å². The second kappa shape index (κ2) is 6.86. The molecule has 0 aliphatic heterocycles. The molecule has 0 saturated heterocycles. The molecule has 1 unspecified atom stereocenters. The molecule has 0 heterocycles. The van der Waals surface area contributed by atoms with Crippen molar-refractivity contribution >= 4 is 0 Å². The van der Waals surface area contributed by atoms with E-state index < -0.39 is 25.0 Å². The van der Waals surface area contributed by atoms with Crippen molar-refractivity contribution < 1.29 is 22.3 Å². The summed E-state index contributed by atoms with van der Waals surface area (Å²) in [5.41, 5.74) is 7.58. The standard InChI is InChI=1S/C13H17F4NO/c1-2-9-3-5-10(6-4-9)11(18)7-19-8-13(16,17)12(14)15/h3-6,11-12H,2,7-8,18H2,1H3. The van der Waals surface area contributed by atoms with Gasteiger partial charge in [0.1, 0.15) is 6.61 Å². The Labute approximate surface area is 109 Å². The van der Waals surface area contributed by atoms with Crippen LogP contribution in [0.2, 0.25) is 0 Å². The van der Waals surface area contributed by atoms with Gasteiger partial charge in [-0.2, -0.15) is 8.78 Å². The number of aryl methyl sites for hydroxylation is 1. The Morgan fingerprint density at radius 2 is 1.79 bits per heavy atom. The molecule has 0 aromatic heterocycles. The van der Waals surface area contributed by atoms with Gasteiger partial charge in [0.15, 0.2) is 0 Å². The minimum atomic E-state index is -4.13. The minimum absolute atomic E-state index is 0.228. The Balaban J connectivity index is 2.44. The summed E-state index contributed by atoms with van der Waals surface area (Å²) in [5, 5.41) is 0. The first-order chi connectivity index (χ1) is 8.86. The van der Waals surface area contributed by atoms with Gasteiger partial charge in [0, 0.05) is 0 Å². The van der Waals surface area contributed by atoms with Crippen LogP contribution in [-0.2, 0) is 11.2 Å². The molecule has 0 amide bonds. The fourth-order valence-corrected chi connectivity index (χ4v) is 1.48. The third-order valence-corrected chi connectivity index (χ3v) is 2.73. The molecule has 2 N–H and O–H groups in total. The normalized spacial score (nSPS) is 13.8. The predicted octanol–water partition coefficient (Wildman–Crippen LogP) is 3.17. The molecule has 2 nitrogen and oxygen atoms in total. The van der Waals surface area contributed by atoms with Gasteiger partial charge in [-0.15, -0.1) is 0 Å². The largest absolute Gasteiger partial charge is 0.373 e. The summed E-state index contributed by atoms with van der Waals surface area (Å²) in [6, 6.07) is 6.70. The Morgan fingerprint density at radius 3 is 2.26 bits per heavy atom. The average molecular weight is 279 g/mol. The van der Waals surface area contributed by atoms with E-state index in [0.717, 1.165) is 17.5 Å². The molecular formula is C13H17F4NO. The van der Waals surface area contributed by atoms with E-state index in [1.54, 1.807) is 12.1 Å². The van der Waals surface area contributed by atoms with Crippen LogP contribution in [0.5, 0.6) is 0 Å². The topological polar surface area (TPSA) is 35.2 Å². The van der Waals surface area contributed by atoms with Crippen LogP contribution in [0.3, 0.4) is 0 Å². The van der Waals surface area contributed by atoms with Gasteiger partial charge in [0.2, 0.25) is 0 Å². The highest BCUT2D eigenvalue weighted by Gasteiger charge is 2.41. The van der Waals surface area contributed by atoms with Crippen LogP contribution < -0.4 is 5.73 Å². The number of alkyl halides is 4. The number of nitrogens with two attached hydrogens (primary N) is 1. The first-order valence-electron chi connectivity index (χ1n) is 5.95. The number of ether oxygens (including phenoxy) is 1. The van der Waals surface area contributed by atoms with Gasteiger partial charge in [-0.1, -0.05) is 31.2 Å². The van der Waals surface area contributed by atoms with Crippen molar-refractivity contribution in [1.82, 2.24) is 0 Å². The Hall–Kier alpha value is -1.14. The van der Waals surface area contributed by atoms with Crippen molar-refractivity contribution in [2.24, 2.45) is 5.73 Å². The maximum Gasteiger partial charge on any atom is 0.330 e. The van der Waals surface area contributed by atoms with Crippen molar-refractivity contribution in [1.29, 1.82) is 0 Å². The van der Waals surface area contributed by atoms with Gasteiger partial charge >= 0.3 is 12.3 Å². The van der Waals surface area contributed by atoms with Crippen LogP contribution in [0.25, 0.3) is 0 Å². The number of halogens is 4. The molecule has 6 heteroatoms. The minimum Gasteiger partial charge on any atom is -0.373 e. The summed E-state index contributed by atoms with van der Waals surface area (Å²) in [5.74, 6) is -4.13. The summed E-state index contributed by atoms with van der Waals surface area (Å²) in [6.45, 7) is 0.448. The van der Waals surface area contributed by atoms with Crippen molar-refractivity contribution in [3.63, 3.8) is 0 Å². The fourth-order valence-electron chi connectivity index (χ4n) is 1.48. The first-order valence-corrected chi connectivity index (χ1v) is 5.95. The van der Waals surface area contributed by atoms with Crippen LogP contribution in [0, 0.1) is 0 Å². The van der Waals surface area contributed by atoms with E-state index in [0.29, 0.717) is 0 Å². The van der Waals surface area contributed by atoms with Crippen molar-refractivity contribution in [3.8, 4) is 0 Å². The molecule has 108 valence electrons. The maximum absolute atomic E-state index is 12.6. The first kappa shape index (κ1) is 15.9. The summed E-state index contributed by atoms with van der Waals surface area (Å²) >= 11 is 0. The monoisotopic (exact) mass is 279 g/mol. The van der Waals surface area contributed by atoms with E-state index in [4.69, 9.17) is 5.73 Å². The molecule has 1 aromatic rings. The second-order valence-electron chi connectivity index (χ2n) is 4.28. The highest BCUT2D eigenvalue weighted by Crippen LogP contribution is 2.23. The Morgan fingerprint density at radius 1 is 1.21 bits per heavy atom. The van der Waals surface area contributed by atoms with Gasteiger partial charge < -0.3 is 10.5 Å². The van der Waals surface area contributed by atoms with Gasteiger partial charge in [0.05, 0.1) is 12.6 Å². The number of rotatable bonds is 7. The van der Waals surface area contributed by atoms with E-state index in [-0.39, 0.29) is 6.61 Å². The van der Waals surface area contributed by atoms with E-state index in [2.05, 4.69) is 4.74 Å². The molecule has 19 heavy (non-hydrogen) atoms. The third kappa shape index (κ3) is 4.80. The van der Waals surface area contributed by atoms with Crippen LogP contribution >= 0.6 is 0 Å². The number of benzene rings is 1. The van der Waals surface area contributed by atoms with Crippen molar-refractivity contribution in [3.05, 3.63) is 35.4 Å². The zero-order valence-corrected chi connectivity index (χ0v) is 10.6. The van der Waals surface area contributed by atoms with Crippen LogP contribution in [0.4, 0.5) is 17.6 Å². The number of hydrogen-bond acceptors (Lipinski definition) is 2. The van der Waals surface area contributed by atoms with Crippen molar-refractivity contribution in [2.45, 2.75) is 31.7 Å². The van der Waals surface area contributed by atoms with Crippen LogP contribution in [-0.4, -0.2) is 25.6 Å². The van der Waals surface area contributed by atoms with Gasteiger partial charge in [-0.05, 0) is 17.5 Å². The Kier molecular flexibility index (Phi) is 5.75. The van der Waals surface area contributed by atoms with E-state index in [1.807, 2.05) is 19.1 Å². The molecule has 0 aliphatic carbocycles. The van der Waals surface area contributed by atoms with Crippen molar-refractivity contribution in [2.75, 3.05) is 13.2 Å². The molecule has 1 aromatic carbocycles. The molecule has 0 radical (unpaired) electrons. The zero-order valence-electron chi connectivity index (χ0n) is 10.6. The third-order valence-electron chi connectivity index (χ3n) is 2.73. The SMILES string of the molecule is CCc1ccc(C(N)COCC(F)(F)C(F)F)cc1. The second-order valence-corrected chi connectivity index (χ2v) is 4.28. The number of hydrogen-bond donors (Lipinski definition) is 1. The quantitative estimate of drug-likeness (QED) is 0.778. The van der Waals surface area contributed by atoms with Gasteiger partial charge in [0.25, 0.3) is 0 Å². The molecule has 0 spiro atoms. The maximum atomic E-state index is 12.6. The molecule has 0 fully saturated rings. The smallest absolute Gasteiger partial charge is 0.330 e. The highest BCUT2D eigenvalue weighted by atomic mass is 19.3. The van der Waals surface area contributed by atoms with E-state index in [1.165, 1.54) is 0 Å². The summed E-state index contributed by atoms with van der Waals surface area (Å²) < 4.78 is 53.5. The van der Waals surface area contributed by atoms with E-state index >= 15 is 0 Å². The Bertz CT molecular complexity index is 381. The summed E-state index contributed by atoms with van der Waals surface area (Å²) in [7, 11) is 0. The predicted molar refractivity (Wildman–Crippen MR) is 64.5 cm³/mol. The summed E-state index contributed by atoms with van der Waals surface area (Å²) in [6.07, 6.45) is -2.85. The highest BCUT2D eigenvalue weighted by molar-refractivity contribution is 5.24. The molecule has 0 saturated carbocycles. The average Bonchev–Trinajstić information content (AvgIpc) is 2.38. The molecule has 0 bridgehead atoms.